The average molecular weight is 172 g/mol. The average Bonchev–Trinajstić information content (AvgIpc) is 2.61. The fourth-order valence-electron chi connectivity index (χ4n) is 1.49. The Morgan fingerprint density at radius 1 is 1.17 bits per heavy atom. The molecule has 74 valence electrons. The molecule has 1 rings (SSSR count). The van der Waals surface area contributed by atoms with Crippen molar-refractivity contribution in [1.82, 2.24) is 10.2 Å². The highest BCUT2D eigenvalue weighted by atomic mass is 15.1. The Balaban J connectivity index is 0.000000561. The summed E-state index contributed by atoms with van der Waals surface area (Å²) in [6.45, 7) is 9.13. The lowest BCUT2D eigenvalue weighted by molar-refractivity contribution is 0.333. The van der Waals surface area contributed by atoms with E-state index in [2.05, 4.69) is 10.2 Å². The lowest BCUT2D eigenvalue weighted by Gasteiger charge is -2.13. The van der Waals surface area contributed by atoms with Gasteiger partial charge in [-0.3, -0.25) is 0 Å². The quantitative estimate of drug-likeness (QED) is 0.650. The first-order valence-corrected chi connectivity index (χ1v) is 5.30. The molecule has 2 nitrogen and oxygen atoms in total. The fourth-order valence-corrected chi connectivity index (χ4v) is 1.49. The number of nitrogens with one attached hydrogen (secondary N) is 1. The lowest BCUT2D eigenvalue weighted by Crippen LogP contribution is -2.23. The summed E-state index contributed by atoms with van der Waals surface area (Å²) in [5.41, 5.74) is 0. The van der Waals surface area contributed by atoms with Crippen molar-refractivity contribution in [3.8, 4) is 0 Å². The minimum absolute atomic E-state index is 1.16. The summed E-state index contributed by atoms with van der Waals surface area (Å²) in [6, 6.07) is 0. The van der Waals surface area contributed by atoms with E-state index < -0.39 is 0 Å². The molecule has 0 atom stereocenters. The van der Waals surface area contributed by atoms with E-state index in [1.54, 1.807) is 0 Å². The molecule has 1 aliphatic heterocycles. The van der Waals surface area contributed by atoms with E-state index >= 15 is 0 Å². The van der Waals surface area contributed by atoms with Crippen LogP contribution in [0.1, 0.15) is 33.1 Å². The molecule has 0 bridgehead atoms. The smallest absolute Gasteiger partial charge is 0.000664 e. The Kier molecular flexibility index (Phi) is 8.95. The van der Waals surface area contributed by atoms with E-state index in [1.807, 2.05) is 20.9 Å². The normalized spacial score (nSPS) is 17.2. The Morgan fingerprint density at radius 3 is 2.25 bits per heavy atom. The number of nitrogens with zero attached hydrogens (tertiary/aromatic N) is 1. The summed E-state index contributed by atoms with van der Waals surface area (Å²) in [5, 5.41) is 3.16. The zero-order valence-corrected chi connectivity index (χ0v) is 8.90. The van der Waals surface area contributed by atoms with Gasteiger partial charge in [0.2, 0.25) is 0 Å². The van der Waals surface area contributed by atoms with Crippen molar-refractivity contribution in [3.63, 3.8) is 0 Å². The SMILES string of the molecule is CC.CNCCCN1CCCC1. The van der Waals surface area contributed by atoms with Crippen LogP contribution >= 0.6 is 0 Å². The first-order valence-electron chi connectivity index (χ1n) is 5.30. The molecule has 1 heterocycles. The molecule has 12 heavy (non-hydrogen) atoms. The molecule has 0 spiro atoms. The van der Waals surface area contributed by atoms with Crippen molar-refractivity contribution in [1.29, 1.82) is 0 Å². The van der Waals surface area contributed by atoms with E-state index in [4.69, 9.17) is 0 Å². The third-order valence-corrected chi connectivity index (χ3v) is 2.10. The van der Waals surface area contributed by atoms with Crippen LogP contribution in [-0.4, -0.2) is 38.1 Å². The highest BCUT2D eigenvalue weighted by Gasteiger charge is 2.09. The molecule has 0 aromatic heterocycles. The van der Waals surface area contributed by atoms with Gasteiger partial charge < -0.3 is 10.2 Å². The number of hydrogen-bond donors (Lipinski definition) is 1. The van der Waals surface area contributed by atoms with Gasteiger partial charge in [0.25, 0.3) is 0 Å². The van der Waals surface area contributed by atoms with Crippen LogP contribution in [0.15, 0.2) is 0 Å². The molecule has 1 N–H and O–H groups in total. The minimum atomic E-state index is 1.16. The summed E-state index contributed by atoms with van der Waals surface area (Å²) in [6.07, 6.45) is 4.13. The van der Waals surface area contributed by atoms with E-state index in [-0.39, 0.29) is 0 Å². The minimum Gasteiger partial charge on any atom is -0.320 e. The highest BCUT2D eigenvalue weighted by Crippen LogP contribution is 2.06. The molecule has 1 saturated heterocycles. The zero-order chi connectivity index (χ0) is 9.23. The number of hydrogen-bond acceptors (Lipinski definition) is 2. The Bertz CT molecular complexity index is 77.9. The summed E-state index contributed by atoms with van der Waals surface area (Å²) in [4.78, 5) is 2.55. The van der Waals surface area contributed by atoms with Gasteiger partial charge in [0.15, 0.2) is 0 Å². The third kappa shape index (κ3) is 5.56. The summed E-state index contributed by atoms with van der Waals surface area (Å²) in [5.74, 6) is 0. The maximum Gasteiger partial charge on any atom is -0.000664 e. The first-order chi connectivity index (χ1) is 5.93. The fraction of sp³-hybridized carbons (Fsp3) is 1.00. The predicted octanol–water partition coefficient (Wildman–Crippen LogP) is 1.72. The second kappa shape index (κ2) is 9.01. The van der Waals surface area contributed by atoms with Gasteiger partial charge in [-0.05, 0) is 52.5 Å². The standard InChI is InChI=1S/C8H18N2.C2H6/c1-9-5-4-8-10-6-2-3-7-10;1-2/h9H,2-8H2,1H3;1-2H3. The van der Waals surface area contributed by atoms with Crippen molar-refractivity contribution in [2.45, 2.75) is 33.1 Å². The van der Waals surface area contributed by atoms with Crippen LogP contribution in [0.4, 0.5) is 0 Å². The van der Waals surface area contributed by atoms with Crippen molar-refractivity contribution in [2.24, 2.45) is 0 Å². The Hall–Kier alpha value is -0.0800. The molecule has 0 saturated carbocycles. The van der Waals surface area contributed by atoms with Gasteiger partial charge >= 0.3 is 0 Å². The van der Waals surface area contributed by atoms with Crippen molar-refractivity contribution in [2.75, 3.05) is 33.2 Å². The predicted molar refractivity (Wildman–Crippen MR) is 55.6 cm³/mol. The summed E-state index contributed by atoms with van der Waals surface area (Å²) < 4.78 is 0. The van der Waals surface area contributed by atoms with E-state index in [0.717, 1.165) is 6.54 Å². The lowest BCUT2D eigenvalue weighted by atomic mass is 10.4. The van der Waals surface area contributed by atoms with Gasteiger partial charge in [-0.15, -0.1) is 0 Å². The van der Waals surface area contributed by atoms with Crippen LogP contribution in [0.3, 0.4) is 0 Å². The van der Waals surface area contributed by atoms with Gasteiger partial charge in [-0.1, -0.05) is 13.8 Å². The van der Waals surface area contributed by atoms with Crippen LogP contribution in [-0.2, 0) is 0 Å². The van der Waals surface area contributed by atoms with Crippen LogP contribution < -0.4 is 5.32 Å². The van der Waals surface area contributed by atoms with Crippen molar-refractivity contribution >= 4 is 0 Å². The molecule has 0 unspecified atom stereocenters. The van der Waals surface area contributed by atoms with Gasteiger partial charge in [0.05, 0.1) is 0 Å². The monoisotopic (exact) mass is 172 g/mol. The highest BCUT2D eigenvalue weighted by molar-refractivity contribution is 4.65. The molecule has 0 aliphatic carbocycles. The maximum absolute atomic E-state index is 3.16. The van der Waals surface area contributed by atoms with Crippen LogP contribution in [0.2, 0.25) is 0 Å². The molecule has 0 aromatic carbocycles. The van der Waals surface area contributed by atoms with Crippen molar-refractivity contribution < 1.29 is 0 Å². The van der Waals surface area contributed by atoms with Gasteiger partial charge in [0.1, 0.15) is 0 Å². The molecular formula is C10H24N2. The van der Waals surface area contributed by atoms with E-state index in [9.17, 15) is 0 Å². The summed E-state index contributed by atoms with van der Waals surface area (Å²) in [7, 11) is 2.02. The van der Waals surface area contributed by atoms with Crippen LogP contribution in [0, 0.1) is 0 Å². The largest absolute Gasteiger partial charge is 0.320 e. The van der Waals surface area contributed by atoms with E-state index in [1.165, 1.54) is 38.9 Å². The van der Waals surface area contributed by atoms with Crippen LogP contribution in [0.25, 0.3) is 0 Å². The molecule has 1 fully saturated rings. The Morgan fingerprint density at radius 2 is 1.75 bits per heavy atom. The van der Waals surface area contributed by atoms with Crippen LogP contribution in [0.5, 0.6) is 0 Å². The van der Waals surface area contributed by atoms with Gasteiger partial charge in [0, 0.05) is 0 Å². The molecule has 0 amide bonds. The molecule has 0 aromatic rings. The number of likely N-dealkylation sites (tertiary alicyclic amines) is 1. The third-order valence-electron chi connectivity index (χ3n) is 2.10. The summed E-state index contributed by atoms with van der Waals surface area (Å²) >= 11 is 0. The zero-order valence-electron chi connectivity index (χ0n) is 8.90. The van der Waals surface area contributed by atoms with Gasteiger partial charge in [-0.2, -0.15) is 0 Å². The molecular weight excluding hydrogens is 148 g/mol. The second-order valence-electron chi connectivity index (χ2n) is 3.01. The van der Waals surface area contributed by atoms with Gasteiger partial charge in [-0.25, -0.2) is 0 Å². The Labute approximate surface area is 77.3 Å². The number of rotatable bonds is 4. The molecule has 2 heteroatoms. The first kappa shape index (κ1) is 11.9. The maximum atomic E-state index is 3.16. The van der Waals surface area contributed by atoms with E-state index in [0.29, 0.717) is 0 Å². The van der Waals surface area contributed by atoms with Crippen molar-refractivity contribution in [3.05, 3.63) is 0 Å². The second-order valence-corrected chi connectivity index (χ2v) is 3.01. The molecule has 1 aliphatic rings. The topological polar surface area (TPSA) is 15.3 Å². The molecule has 0 radical (unpaired) electrons.